The molecule has 0 unspecified atom stereocenters. The minimum atomic E-state index is 0.763. The van der Waals surface area contributed by atoms with Crippen molar-refractivity contribution in [2.75, 3.05) is 7.05 Å². The Morgan fingerprint density at radius 3 is 3.00 bits per heavy atom. The Bertz CT molecular complexity index is 774. The maximum absolute atomic E-state index is 5.36. The zero-order valence-electron chi connectivity index (χ0n) is 12.1. The van der Waals surface area contributed by atoms with Crippen LogP contribution in [0.3, 0.4) is 0 Å². The first-order chi connectivity index (χ1) is 10.3. The van der Waals surface area contributed by atoms with Gasteiger partial charge in [0.2, 0.25) is 0 Å². The number of aryl methyl sites for hydroxylation is 1. The van der Waals surface area contributed by atoms with Crippen molar-refractivity contribution in [3.63, 3.8) is 0 Å². The van der Waals surface area contributed by atoms with E-state index in [0.29, 0.717) is 0 Å². The molecule has 0 atom stereocenters. The molecule has 0 saturated carbocycles. The number of benzene rings is 1. The summed E-state index contributed by atoms with van der Waals surface area (Å²) in [5, 5.41) is 12.9. The first kappa shape index (κ1) is 12.6. The van der Waals surface area contributed by atoms with Crippen molar-refractivity contribution in [1.82, 2.24) is 20.3 Å². The fourth-order valence-electron chi connectivity index (χ4n) is 3.14. The number of nitrogens with one attached hydrogen (secondary N) is 1. The molecule has 1 aliphatic carbocycles. The van der Waals surface area contributed by atoms with Gasteiger partial charge in [-0.1, -0.05) is 17.3 Å². The third-order valence-electron chi connectivity index (χ3n) is 4.18. The Balaban J connectivity index is 1.52. The standard InChI is InChI=1S/C16H18N4O/c1-20(9-14-11-6-4-7-13(11)17-18-14)10-15-12-5-2-3-8-16(12)21-19-15/h2-3,5,8H,4,6-7,9-10H2,1H3,(H,17,18). The van der Waals surface area contributed by atoms with Gasteiger partial charge in [0.1, 0.15) is 5.69 Å². The molecule has 5 nitrogen and oxygen atoms in total. The molecule has 21 heavy (non-hydrogen) atoms. The summed E-state index contributed by atoms with van der Waals surface area (Å²) >= 11 is 0. The first-order valence-electron chi connectivity index (χ1n) is 7.38. The topological polar surface area (TPSA) is 58.0 Å². The highest BCUT2D eigenvalue weighted by Crippen LogP contribution is 2.24. The van der Waals surface area contributed by atoms with Crippen LogP contribution in [-0.4, -0.2) is 27.3 Å². The van der Waals surface area contributed by atoms with E-state index in [9.17, 15) is 0 Å². The molecule has 2 heterocycles. The van der Waals surface area contributed by atoms with Crippen molar-refractivity contribution in [2.24, 2.45) is 0 Å². The lowest BCUT2D eigenvalue weighted by Crippen LogP contribution is -2.18. The van der Waals surface area contributed by atoms with Crippen LogP contribution >= 0.6 is 0 Å². The third-order valence-corrected chi connectivity index (χ3v) is 4.18. The van der Waals surface area contributed by atoms with Crippen LogP contribution in [0.1, 0.15) is 29.1 Å². The normalized spacial score (nSPS) is 14.2. The molecule has 4 rings (SSSR count). The lowest BCUT2D eigenvalue weighted by Gasteiger charge is -2.14. The molecular formula is C16H18N4O. The first-order valence-corrected chi connectivity index (χ1v) is 7.38. The Morgan fingerprint density at radius 1 is 1.19 bits per heavy atom. The maximum atomic E-state index is 5.36. The second-order valence-electron chi connectivity index (χ2n) is 5.78. The smallest absolute Gasteiger partial charge is 0.167 e. The number of aromatic amines is 1. The second kappa shape index (κ2) is 5.00. The van der Waals surface area contributed by atoms with Crippen LogP contribution in [-0.2, 0) is 25.9 Å². The van der Waals surface area contributed by atoms with Gasteiger partial charge in [0.15, 0.2) is 5.58 Å². The monoisotopic (exact) mass is 282 g/mol. The summed E-state index contributed by atoms with van der Waals surface area (Å²) in [4.78, 5) is 2.24. The van der Waals surface area contributed by atoms with Gasteiger partial charge in [-0.05, 0) is 44.0 Å². The molecule has 1 N–H and O–H groups in total. The predicted octanol–water partition coefficient (Wildman–Crippen LogP) is 2.67. The number of H-pyrrole nitrogens is 1. The average Bonchev–Trinajstić information content (AvgIpc) is 3.17. The van der Waals surface area contributed by atoms with E-state index in [2.05, 4.69) is 33.4 Å². The van der Waals surface area contributed by atoms with Crippen molar-refractivity contribution >= 4 is 11.0 Å². The van der Waals surface area contributed by atoms with Crippen LogP contribution in [0.5, 0.6) is 0 Å². The molecule has 0 radical (unpaired) electrons. The molecule has 3 aromatic rings. The predicted molar refractivity (Wildman–Crippen MR) is 79.8 cm³/mol. The summed E-state index contributed by atoms with van der Waals surface area (Å²) in [6.07, 6.45) is 3.54. The van der Waals surface area contributed by atoms with E-state index < -0.39 is 0 Å². The lowest BCUT2D eigenvalue weighted by molar-refractivity contribution is 0.302. The Hall–Kier alpha value is -2.14. The third kappa shape index (κ3) is 2.23. The van der Waals surface area contributed by atoms with Gasteiger partial charge in [-0.15, -0.1) is 0 Å². The van der Waals surface area contributed by atoms with Crippen molar-refractivity contribution in [3.8, 4) is 0 Å². The van der Waals surface area contributed by atoms with E-state index in [1.165, 1.54) is 23.4 Å². The molecule has 0 aliphatic heterocycles. The molecule has 1 aliphatic rings. The van der Waals surface area contributed by atoms with Gasteiger partial charge < -0.3 is 4.52 Å². The second-order valence-corrected chi connectivity index (χ2v) is 5.78. The summed E-state index contributed by atoms with van der Waals surface area (Å²) in [5.74, 6) is 0. The summed E-state index contributed by atoms with van der Waals surface area (Å²) in [7, 11) is 2.10. The van der Waals surface area contributed by atoms with Crippen LogP contribution < -0.4 is 0 Å². The van der Waals surface area contributed by atoms with Crippen molar-refractivity contribution in [1.29, 1.82) is 0 Å². The lowest BCUT2D eigenvalue weighted by atomic mass is 10.2. The zero-order valence-corrected chi connectivity index (χ0v) is 12.1. The molecule has 0 bridgehead atoms. The number of rotatable bonds is 4. The number of nitrogens with zero attached hydrogens (tertiary/aromatic N) is 3. The van der Waals surface area contributed by atoms with Gasteiger partial charge >= 0.3 is 0 Å². The quantitative estimate of drug-likeness (QED) is 0.799. The van der Waals surface area contributed by atoms with Crippen LogP contribution in [0, 0.1) is 0 Å². The highest BCUT2D eigenvalue weighted by atomic mass is 16.5. The SMILES string of the molecule is CN(Cc1n[nH]c2c1CCC2)Cc1noc2ccccc12. The van der Waals surface area contributed by atoms with Gasteiger partial charge in [0.25, 0.3) is 0 Å². The molecule has 5 heteroatoms. The minimum absolute atomic E-state index is 0.763. The van der Waals surface area contributed by atoms with Gasteiger partial charge in [-0.3, -0.25) is 10.00 Å². The van der Waals surface area contributed by atoms with E-state index in [4.69, 9.17) is 4.52 Å². The number of fused-ring (bicyclic) bond motifs is 2. The highest BCUT2D eigenvalue weighted by molar-refractivity contribution is 5.79. The Morgan fingerprint density at radius 2 is 2.05 bits per heavy atom. The largest absolute Gasteiger partial charge is 0.356 e. The fourth-order valence-corrected chi connectivity index (χ4v) is 3.14. The molecule has 0 spiro atoms. The molecular weight excluding hydrogens is 264 g/mol. The van der Waals surface area contributed by atoms with Crippen LogP contribution in [0.4, 0.5) is 0 Å². The van der Waals surface area contributed by atoms with Crippen LogP contribution in [0.15, 0.2) is 28.8 Å². The fraction of sp³-hybridized carbons (Fsp3) is 0.375. The van der Waals surface area contributed by atoms with Crippen LogP contribution in [0.2, 0.25) is 0 Å². The van der Waals surface area contributed by atoms with Crippen molar-refractivity contribution < 1.29 is 4.52 Å². The van der Waals surface area contributed by atoms with Gasteiger partial charge in [0.05, 0.1) is 5.69 Å². The summed E-state index contributed by atoms with van der Waals surface area (Å²) < 4.78 is 5.36. The number of aromatic nitrogens is 3. The van der Waals surface area contributed by atoms with E-state index in [0.717, 1.165) is 42.6 Å². The summed E-state index contributed by atoms with van der Waals surface area (Å²) in [5.41, 5.74) is 5.76. The number of hydrogen-bond donors (Lipinski definition) is 1. The van der Waals surface area contributed by atoms with Crippen LogP contribution in [0.25, 0.3) is 11.0 Å². The van der Waals surface area contributed by atoms with E-state index >= 15 is 0 Å². The van der Waals surface area contributed by atoms with E-state index in [1.807, 2.05) is 18.2 Å². The molecule has 1 aromatic carbocycles. The highest BCUT2D eigenvalue weighted by Gasteiger charge is 2.19. The molecule has 0 fully saturated rings. The molecule has 2 aromatic heterocycles. The van der Waals surface area contributed by atoms with Gasteiger partial charge in [0, 0.05) is 24.2 Å². The number of hydrogen-bond acceptors (Lipinski definition) is 4. The average molecular weight is 282 g/mol. The summed E-state index contributed by atoms with van der Waals surface area (Å²) in [6.45, 7) is 1.60. The molecule has 0 amide bonds. The summed E-state index contributed by atoms with van der Waals surface area (Å²) in [6, 6.07) is 7.99. The van der Waals surface area contributed by atoms with Crippen molar-refractivity contribution in [2.45, 2.75) is 32.4 Å². The van der Waals surface area contributed by atoms with Crippen molar-refractivity contribution in [3.05, 3.63) is 46.9 Å². The Labute approximate surface area is 122 Å². The van der Waals surface area contributed by atoms with Gasteiger partial charge in [-0.25, -0.2) is 0 Å². The molecule has 108 valence electrons. The molecule has 0 saturated heterocycles. The Kier molecular flexibility index (Phi) is 3.00. The minimum Gasteiger partial charge on any atom is -0.356 e. The van der Waals surface area contributed by atoms with E-state index in [-0.39, 0.29) is 0 Å². The number of para-hydroxylation sites is 1. The maximum Gasteiger partial charge on any atom is 0.167 e. The van der Waals surface area contributed by atoms with E-state index in [1.54, 1.807) is 0 Å². The zero-order chi connectivity index (χ0) is 14.2. The van der Waals surface area contributed by atoms with Gasteiger partial charge in [-0.2, -0.15) is 5.10 Å².